The van der Waals surface area contributed by atoms with Crippen LogP contribution in [0.2, 0.25) is 0 Å². The quantitative estimate of drug-likeness (QED) is 0.551. The van der Waals surface area contributed by atoms with Crippen LogP contribution in [0.4, 0.5) is 5.69 Å². The third kappa shape index (κ3) is 3.37. The zero-order chi connectivity index (χ0) is 18.8. The SMILES string of the molecule is COC(=O)c1ccc(NC(=O)Cc2noc3cc(C)cc(C)c23)c(O)c1. The Morgan fingerprint density at radius 3 is 2.69 bits per heavy atom. The van der Waals surface area contributed by atoms with Gasteiger partial charge in [0.25, 0.3) is 0 Å². The molecule has 0 saturated heterocycles. The summed E-state index contributed by atoms with van der Waals surface area (Å²) in [7, 11) is 1.25. The van der Waals surface area contributed by atoms with Crippen molar-refractivity contribution in [1.82, 2.24) is 5.16 Å². The minimum absolute atomic E-state index is 0.00487. The van der Waals surface area contributed by atoms with Gasteiger partial charge in [-0.15, -0.1) is 0 Å². The van der Waals surface area contributed by atoms with Crippen molar-refractivity contribution in [2.45, 2.75) is 20.3 Å². The second-order valence-electron chi connectivity index (χ2n) is 6.03. The largest absolute Gasteiger partial charge is 0.506 e. The molecule has 3 aromatic rings. The number of carbonyl (C=O) groups is 2. The summed E-state index contributed by atoms with van der Waals surface area (Å²) in [5.74, 6) is -1.16. The normalized spacial score (nSPS) is 10.7. The summed E-state index contributed by atoms with van der Waals surface area (Å²) in [5, 5.41) is 17.4. The van der Waals surface area contributed by atoms with Gasteiger partial charge in [-0.2, -0.15) is 0 Å². The fourth-order valence-electron chi connectivity index (χ4n) is 2.87. The highest BCUT2D eigenvalue weighted by molar-refractivity contribution is 5.97. The zero-order valence-corrected chi connectivity index (χ0v) is 14.6. The number of carbonyl (C=O) groups excluding carboxylic acids is 2. The fraction of sp³-hybridized carbons (Fsp3) is 0.211. The number of rotatable bonds is 4. The average molecular weight is 354 g/mol. The van der Waals surface area contributed by atoms with E-state index in [0.717, 1.165) is 16.5 Å². The highest BCUT2D eigenvalue weighted by Crippen LogP contribution is 2.27. The number of fused-ring (bicyclic) bond motifs is 1. The molecular weight excluding hydrogens is 336 g/mol. The Morgan fingerprint density at radius 2 is 2.00 bits per heavy atom. The number of nitrogens with zero attached hydrogens (tertiary/aromatic N) is 1. The molecule has 0 bridgehead atoms. The standard InChI is InChI=1S/C19H18N2O5/c1-10-6-11(2)18-14(21-26-16(18)7-10)9-17(23)20-13-5-4-12(8-15(13)22)19(24)25-3/h4-8,22H,9H2,1-3H3,(H,20,23). The number of ether oxygens (including phenoxy) is 1. The molecule has 1 aromatic heterocycles. The lowest BCUT2D eigenvalue weighted by Gasteiger charge is -2.08. The minimum Gasteiger partial charge on any atom is -0.506 e. The monoisotopic (exact) mass is 354 g/mol. The van der Waals surface area contributed by atoms with Crippen LogP contribution in [0, 0.1) is 13.8 Å². The molecule has 2 N–H and O–H groups in total. The molecule has 3 rings (SSSR count). The van der Waals surface area contributed by atoms with Gasteiger partial charge >= 0.3 is 5.97 Å². The molecule has 134 valence electrons. The van der Waals surface area contributed by atoms with Gasteiger partial charge in [-0.05, 0) is 49.2 Å². The van der Waals surface area contributed by atoms with E-state index < -0.39 is 5.97 Å². The Bertz CT molecular complexity index is 1010. The molecule has 0 radical (unpaired) electrons. The molecule has 0 unspecified atom stereocenters. The van der Waals surface area contributed by atoms with E-state index in [1.54, 1.807) is 0 Å². The van der Waals surface area contributed by atoms with Crippen molar-refractivity contribution < 1.29 is 24.0 Å². The summed E-state index contributed by atoms with van der Waals surface area (Å²) in [6.07, 6.45) is -0.00487. The zero-order valence-electron chi connectivity index (χ0n) is 14.6. The number of hydrogen-bond acceptors (Lipinski definition) is 6. The number of aromatic nitrogens is 1. The molecule has 7 nitrogen and oxygen atoms in total. The molecule has 0 fully saturated rings. The van der Waals surface area contributed by atoms with Gasteiger partial charge in [0.15, 0.2) is 5.58 Å². The third-order valence-corrected chi connectivity index (χ3v) is 4.01. The first-order valence-corrected chi connectivity index (χ1v) is 7.95. The lowest BCUT2D eigenvalue weighted by atomic mass is 10.0. The van der Waals surface area contributed by atoms with Gasteiger partial charge in [-0.25, -0.2) is 4.79 Å². The lowest BCUT2D eigenvalue weighted by Crippen LogP contribution is -2.15. The first-order valence-electron chi connectivity index (χ1n) is 7.95. The van der Waals surface area contributed by atoms with Crippen LogP contribution in [-0.4, -0.2) is 29.2 Å². The lowest BCUT2D eigenvalue weighted by molar-refractivity contribution is -0.115. The third-order valence-electron chi connectivity index (χ3n) is 4.01. The molecular formula is C19H18N2O5. The number of methoxy groups -OCH3 is 1. The van der Waals surface area contributed by atoms with E-state index in [2.05, 4.69) is 15.2 Å². The van der Waals surface area contributed by atoms with Crippen molar-refractivity contribution in [2.24, 2.45) is 0 Å². The van der Waals surface area contributed by atoms with Gasteiger partial charge < -0.3 is 19.7 Å². The van der Waals surface area contributed by atoms with E-state index in [0.29, 0.717) is 11.3 Å². The maximum atomic E-state index is 12.3. The van der Waals surface area contributed by atoms with Gasteiger partial charge in [-0.1, -0.05) is 11.2 Å². The van der Waals surface area contributed by atoms with E-state index >= 15 is 0 Å². The number of phenolic OH excluding ortho intramolecular Hbond substituents is 1. The van der Waals surface area contributed by atoms with Crippen LogP contribution in [-0.2, 0) is 16.0 Å². The summed E-state index contributed by atoms with van der Waals surface area (Å²) in [4.78, 5) is 23.8. The van der Waals surface area contributed by atoms with Crippen molar-refractivity contribution in [2.75, 3.05) is 12.4 Å². The predicted molar refractivity (Wildman–Crippen MR) is 95.3 cm³/mol. The average Bonchev–Trinajstić information content (AvgIpc) is 2.98. The van der Waals surface area contributed by atoms with E-state index in [9.17, 15) is 14.7 Å². The van der Waals surface area contributed by atoms with Crippen molar-refractivity contribution in [3.05, 3.63) is 52.7 Å². The van der Waals surface area contributed by atoms with E-state index in [1.807, 2.05) is 26.0 Å². The number of benzene rings is 2. The number of aromatic hydroxyl groups is 1. The summed E-state index contributed by atoms with van der Waals surface area (Å²) in [5.41, 5.74) is 3.59. The summed E-state index contributed by atoms with van der Waals surface area (Å²) in [6.45, 7) is 3.90. The number of nitrogens with one attached hydrogen (secondary N) is 1. The number of anilines is 1. The second kappa shape index (κ2) is 6.87. The Balaban J connectivity index is 1.79. The fourth-order valence-corrected chi connectivity index (χ4v) is 2.87. The van der Waals surface area contributed by atoms with Crippen LogP contribution in [0.3, 0.4) is 0 Å². The molecule has 0 aliphatic rings. The van der Waals surface area contributed by atoms with E-state index in [4.69, 9.17) is 4.52 Å². The highest BCUT2D eigenvalue weighted by Gasteiger charge is 2.16. The molecule has 0 atom stereocenters. The Morgan fingerprint density at radius 1 is 1.23 bits per heavy atom. The van der Waals surface area contributed by atoms with Crippen LogP contribution in [0.25, 0.3) is 11.0 Å². The summed E-state index contributed by atoms with van der Waals surface area (Å²) in [6, 6.07) is 8.00. The first-order chi connectivity index (χ1) is 12.4. The maximum Gasteiger partial charge on any atom is 0.337 e. The Hall–Kier alpha value is -3.35. The first kappa shape index (κ1) is 17.5. The van der Waals surface area contributed by atoms with Crippen LogP contribution in [0.1, 0.15) is 27.2 Å². The number of phenols is 1. The van der Waals surface area contributed by atoms with Crippen molar-refractivity contribution >= 4 is 28.5 Å². The van der Waals surface area contributed by atoms with Crippen LogP contribution in [0.5, 0.6) is 5.75 Å². The van der Waals surface area contributed by atoms with Gasteiger partial charge in [0.05, 0.1) is 24.8 Å². The molecule has 0 aliphatic heterocycles. The molecule has 0 saturated carbocycles. The summed E-state index contributed by atoms with van der Waals surface area (Å²) >= 11 is 0. The van der Waals surface area contributed by atoms with Crippen LogP contribution >= 0.6 is 0 Å². The van der Waals surface area contributed by atoms with E-state index in [1.165, 1.54) is 25.3 Å². The van der Waals surface area contributed by atoms with Gasteiger partial charge in [-0.3, -0.25) is 4.79 Å². The molecule has 0 spiro atoms. The molecule has 1 heterocycles. The predicted octanol–water partition coefficient (Wildman–Crippen LogP) is 3.12. The smallest absolute Gasteiger partial charge is 0.337 e. The number of aryl methyl sites for hydroxylation is 2. The van der Waals surface area contributed by atoms with Crippen LogP contribution in [0.15, 0.2) is 34.9 Å². The number of esters is 1. The van der Waals surface area contributed by atoms with Crippen molar-refractivity contribution in [3.8, 4) is 5.75 Å². The van der Waals surface area contributed by atoms with Crippen LogP contribution < -0.4 is 5.32 Å². The topological polar surface area (TPSA) is 102 Å². The maximum absolute atomic E-state index is 12.3. The van der Waals surface area contributed by atoms with Crippen molar-refractivity contribution in [1.29, 1.82) is 0 Å². The van der Waals surface area contributed by atoms with Gasteiger partial charge in [0, 0.05) is 5.39 Å². The highest BCUT2D eigenvalue weighted by atomic mass is 16.5. The van der Waals surface area contributed by atoms with Gasteiger partial charge in [0.2, 0.25) is 5.91 Å². The van der Waals surface area contributed by atoms with Crippen molar-refractivity contribution in [3.63, 3.8) is 0 Å². The number of amides is 1. The molecule has 7 heteroatoms. The Kier molecular flexibility index (Phi) is 4.62. The second-order valence-corrected chi connectivity index (χ2v) is 6.03. The molecule has 26 heavy (non-hydrogen) atoms. The number of hydrogen-bond donors (Lipinski definition) is 2. The summed E-state index contributed by atoms with van der Waals surface area (Å²) < 4.78 is 9.90. The van der Waals surface area contributed by atoms with E-state index in [-0.39, 0.29) is 29.3 Å². The molecule has 2 aromatic carbocycles. The molecule has 1 amide bonds. The minimum atomic E-state index is -0.571. The Labute approximate surface area is 149 Å². The molecule has 0 aliphatic carbocycles. The van der Waals surface area contributed by atoms with Gasteiger partial charge in [0.1, 0.15) is 11.4 Å².